The summed E-state index contributed by atoms with van der Waals surface area (Å²) in [6.07, 6.45) is 1.23. The van der Waals surface area contributed by atoms with Crippen molar-refractivity contribution in [3.05, 3.63) is 34.9 Å². The van der Waals surface area contributed by atoms with Gasteiger partial charge in [0.15, 0.2) is 0 Å². The average Bonchev–Trinajstić information content (AvgIpc) is 2.39. The van der Waals surface area contributed by atoms with Crippen LogP contribution in [-0.2, 0) is 14.9 Å². The van der Waals surface area contributed by atoms with E-state index in [0.717, 1.165) is 5.56 Å². The zero-order valence-electron chi connectivity index (χ0n) is 9.93. The third-order valence-electron chi connectivity index (χ3n) is 3.67. The Morgan fingerprint density at radius 3 is 2.39 bits per heavy atom. The van der Waals surface area contributed by atoms with Crippen molar-refractivity contribution in [2.24, 2.45) is 5.73 Å². The first kappa shape index (κ1) is 13.3. The second-order valence-electron chi connectivity index (χ2n) is 4.59. The number of ether oxygens (including phenoxy) is 1. The fraction of sp³-hybridized carbons (Fsp3) is 0.462. The van der Waals surface area contributed by atoms with Crippen molar-refractivity contribution in [1.82, 2.24) is 0 Å². The molecule has 98 valence electrons. The van der Waals surface area contributed by atoms with Crippen molar-refractivity contribution >= 4 is 17.6 Å². The number of nitrogens with two attached hydrogens (primary N) is 1. The highest BCUT2D eigenvalue weighted by Crippen LogP contribution is 2.37. The molecule has 1 aromatic carbocycles. The number of hydrogen-bond acceptors (Lipinski definition) is 3. The summed E-state index contributed by atoms with van der Waals surface area (Å²) in [5, 5.41) is 9.85. The maximum Gasteiger partial charge on any atom is 0.321 e. The minimum absolute atomic E-state index is 0.531. The number of aliphatic carboxylic acids is 1. The first-order valence-corrected chi connectivity index (χ1v) is 6.26. The predicted molar refractivity (Wildman–Crippen MR) is 68.8 cm³/mol. The molecule has 0 saturated carbocycles. The minimum atomic E-state index is -0.980. The number of benzene rings is 1. The number of carbonyl (C=O) groups is 1. The molecule has 1 atom stereocenters. The lowest BCUT2D eigenvalue weighted by Gasteiger charge is -2.40. The molecule has 1 heterocycles. The normalized spacial score (nSPS) is 20.3. The van der Waals surface area contributed by atoms with Gasteiger partial charge in [0.2, 0.25) is 0 Å². The Balaban J connectivity index is 2.41. The second kappa shape index (κ2) is 5.26. The van der Waals surface area contributed by atoms with Crippen LogP contribution in [0.15, 0.2) is 24.3 Å². The van der Waals surface area contributed by atoms with Gasteiger partial charge in [-0.3, -0.25) is 4.79 Å². The van der Waals surface area contributed by atoms with Crippen LogP contribution in [0.25, 0.3) is 0 Å². The van der Waals surface area contributed by atoms with Gasteiger partial charge >= 0.3 is 5.97 Å². The van der Waals surface area contributed by atoms with Gasteiger partial charge in [0, 0.05) is 23.7 Å². The van der Waals surface area contributed by atoms with Crippen molar-refractivity contribution in [3.63, 3.8) is 0 Å². The highest BCUT2D eigenvalue weighted by Gasteiger charge is 2.43. The Morgan fingerprint density at radius 2 is 1.89 bits per heavy atom. The molecule has 0 unspecified atom stereocenters. The topological polar surface area (TPSA) is 72.6 Å². The van der Waals surface area contributed by atoms with Crippen molar-refractivity contribution in [2.75, 3.05) is 13.2 Å². The lowest BCUT2D eigenvalue weighted by Crippen LogP contribution is -2.53. The Bertz CT molecular complexity index is 426. The summed E-state index contributed by atoms with van der Waals surface area (Å²) >= 11 is 5.87. The fourth-order valence-electron chi connectivity index (χ4n) is 2.53. The molecule has 1 aliphatic rings. The number of halogens is 1. The van der Waals surface area contributed by atoms with Crippen molar-refractivity contribution in [2.45, 2.75) is 24.3 Å². The average molecular weight is 270 g/mol. The molecule has 0 aliphatic carbocycles. The van der Waals surface area contributed by atoms with Gasteiger partial charge in [-0.05, 0) is 30.5 Å². The molecule has 0 radical (unpaired) electrons. The molecule has 18 heavy (non-hydrogen) atoms. The lowest BCUT2D eigenvalue weighted by molar-refractivity contribution is -0.141. The molecular formula is C13H16ClNO3. The van der Waals surface area contributed by atoms with Crippen LogP contribution in [0.1, 0.15) is 18.4 Å². The fourth-order valence-corrected chi connectivity index (χ4v) is 2.66. The van der Waals surface area contributed by atoms with Crippen molar-refractivity contribution in [3.8, 4) is 0 Å². The Labute approximate surface area is 111 Å². The van der Waals surface area contributed by atoms with Crippen molar-refractivity contribution < 1.29 is 14.6 Å². The van der Waals surface area contributed by atoms with Crippen LogP contribution >= 0.6 is 11.6 Å². The van der Waals surface area contributed by atoms with E-state index in [1.807, 2.05) is 12.1 Å². The Kier molecular flexibility index (Phi) is 3.90. The van der Waals surface area contributed by atoms with Gasteiger partial charge in [0.1, 0.15) is 6.04 Å². The van der Waals surface area contributed by atoms with Gasteiger partial charge in [-0.15, -0.1) is 0 Å². The highest BCUT2D eigenvalue weighted by atomic mass is 35.5. The van der Waals surface area contributed by atoms with Crippen LogP contribution in [0.2, 0.25) is 5.02 Å². The van der Waals surface area contributed by atoms with E-state index in [4.69, 9.17) is 22.1 Å². The first-order valence-electron chi connectivity index (χ1n) is 5.88. The number of carboxylic acids is 1. The van der Waals surface area contributed by atoms with Gasteiger partial charge in [-0.1, -0.05) is 23.7 Å². The van der Waals surface area contributed by atoms with E-state index in [2.05, 4.69) is 0 Å². The van der Waals surface area contributed by atoms with Gasteiger partial charge in [-0.25, -0.2) is 0 Å². The van der Waals surface area contributed by atoms with E-state index >= 15 is 0 Å². The summed E-state index contributed by atoms with van der Waals surface area (Å²) < 4.78 is 5.33. The highest BCUT2D eigenvalue weighted by molar-refractivity contribution is 6.30. The largest absolute Gasteiger partial charge is 0.480 e. The van der Waals surface area contributed by atoms with Gasteiger partial charge in [0.25, 0.3) is 0 Å². The maximum atomic E-state index is 11.3. The van der Waals surface area contributed by atoms with E-state index in [1.54, 1.807) is 12.1 Å². The molecule has 1 aliphatic heterocycles. The SMILES string of the molecule is N[C@H](C(=O)O)C1(c2ccc(Cl)cc2)CCOCC1. The van der Waals surface area contributed by atoms with E-state index in [-0.39, 0.29) is 0 Å². The zero-order valence-corrected chi connectivity index (χ0v) is 10.7. The van der Waals surface area contributed by atoms with Crippen LogP contribution in [0.4, 0.5) is 0 Å². The minimum Gasteiger partial charge on any atom is -0.480 e. The van der Waals surface area contributed by atoms with E-state index in [9.17, 15) is 9.90 Å². The molecule has 1 fully saturated rings. The molecule has 2 rings (SSSR count). The van der Waals surface area contributed by atoms with Crippen LogP contribution in [0.5, 0.6) is 0 Å². The van der Waals surface area contributed by atoms with E-state index in [0.29, 0.717) is 31.1 Å². The molecule has 0 amide bonds. The van der Waals surface area contributed by atoms with Crippen molar-refractivity contribution in [1.29, 1.82) is 0 Å². The zero-order chi connectivity index (χ0) is 13.2. The molecule has 0 aromatic heterocycles. The summed E-state index contributed by atoms with van der Waals surface area (Å²) in [7, 11) is 0. The van der Waals surface area contributed by atoms with Gasteiger partial charge in [0.05, 0.1) is 0 Å². The number of rotatable bonds is 3. The van der Waals surface area contributed by atoms with Gasteiger partial charge < -0.3 is 15.6 Å². The maximum absolute atomic E-state index is 11.3. The smallest absolute Gasteiger partial charge is 0.321 e. The molecule has 1 saturated heterocycles. The summed E-state index contributed by atoms with van der Waals surface area (Å²) in [4.78, 5) is 11.3. The molecule has 0 bridgehead atoms. The molecule has 3 N–H and O–H groups in total. The third-order valence-corrected chi connectivity index (χ3v) is 3.92. The van der Waals surface area contributed by atoms with Crippen LogP contribution in [0.3, 0.4) is 0 Å². The summed E-state index contributed by atoms with van der Waals surface area (Å²) in [5.41, 5.74) is 6.27. The molecule has 5 heteroatoms. The second-order valence-corrected chi connectivity index (χ2v) is 5.03. The summed E-state index contributed by atoms with van der Waals surface area (Å²) in [5.74, 6) is -0.980. The van der Waals surface area contributed by atoms with Gasteiger partial charge in [-0.2, -0.15) is 0 Å². The molecule has 0 spiro atoms. The Morgan fingerprint density at radius 1 is 1.33 bits per heavy atom. The Hall–Kier alpha value is -1.10. The lowest BCUT2D eigenvalue weighted by atomic mass is 9.69. The van der Waals surface area contributed by atoms with Crippen LogP contribution in [-0.4, -0.2) is 30.3 Å². The van der Waals surface area contributed by atoms with Crippen LogP contribution < -0.4 is 5.73 Å². The number of carboxylic acid groups (broad SMARTS) is 1. The van der Waals surface area contributed by atoms with Crippen LogP contribution in [0, 0.1) is 0 Å². The van der Waals surface area contributed by atoms with E-state index < -0.39 is 17.4 Å². The molecule has 1 aromatic rings. The predicted octanol–water partition coefficient (Wildman–Crippen LogP) is 1.80. The summed E-state index contributed by atoms with van der Waals surface area (Å²) in [6, 6.07) is 6.32. The summed E-state index contributed by atoms with van der Waals surface area (Å²) in [6.45, 7) is 1.06. The quantitative estimate of drug-likeness (QED) is 0.878. The van der Waals surface area contributed by atoms with E-state index in [1.165, 1.54) is 0 Å². The third kappa shape index (κ3) is 2.36. The monoisotopic (exact) mass is 269 g/mol. The molecule has 4 nitrogen and oxygen atoms in total. The number of hydrogen-bond donors (Lipinski definition) is 2. The standard InChI is InChI=1S/C13H16ClNO3/c14-10-3-1-9(2-4-10)13(11(15)12(16)17)5-7-18-8-6-13/h1-4,11H,5-8,15H2,(H,16,17)/t11-/m1/s1. The first-order chi connectivity index (χ1) is 8.56. The molecular weight excluding hydrogens is 254 g/mol.